The first-order valence-corrected chi connectivity index (χ1v) is 13.5. The SMILES string of the molecule is CC1CCN1Cc1ccc2cc3c(c(O)c2c1)C(O)=C1C(=O)[C@]2(O)C(O)=C(C(N)=O)C(=O)[C@@H](N(C)C)[C@@H]2C[C@@H]1C3. The summed E-state index contributed by atoms with van der Waals surface area (Å²) in [7, 11) is 3.16. The van der Waals surface area contributed by atoms with Gasteiger partial charge < -0.3 is 26.2 Å². The summed E-state index contributed by atoms with van der Waals surface area (Å²) in [5.74, 6) is -6.44. The number of phenolic OH excluding ortho intramolecular Hbond substituents is 1. The Morgan fingerprint density at radius 3 is 2.50 bits per heavy atom. The number of aliphatic hydroxyl groups excluding tert-OH is 2. The third kappa shape index (κ3) is 3.49. The molecule has 1 amide bonds. The Morgan fingerprint density at radius 1 is 1.18 bits per heavy atom. The van der Waals surface area contributed by atoms with Gasteiger partial charge >= 0.3 is 0 Å². The molecule has 4 aliphatic rings. The van der Waals surface area contributed by atoms with Crippen molar-refractivity contribution >= 4 is 34.0 Å². The molecular weight excluding hydrogens is 514 g/mol. The maximum Gasteiger partial charge on any atom is 0.255 e. The number of nitrogens with zero attached hydrogens (tertiary/aromatic N) is 2. The third-order valence-corrected chi connectivity index (χ3v) is 9.43. The lowest BCUT2D eigenvalue weighted by Gasteiger charge is -2.50. The predicted molar refractivity (Wildman–Crippen MR) is 146 cm³/mol. The van der Waals surface area contributed by atoms with Crippen LogP contribution in [-0.4, -0.2) is 86.0 Å². The Balaban J connectivity index is 1.49. The molecule has 2 aromatic carbocycles. The van der Waals surface area contributed by atoms with Crippen LogP contribution in [0.25, 0.3) is 16.5 Å². The summed E-state index contributed by atoms with van der Waals surface area (Å²) in [5, 5.41) is 46.9. The van der Waals surface area contributed by atoms with Gasteiger partial charge in [0.1, 0.15) is 22.8 Å². The first-order valence-electron chi connectivity index (χ1n) is 13.5. The fourth-order valence-corrected chi connectivity index (χ4v) is 7.20. The third-order valence-electron chi connectivity index (χ3n) is 9.43. The van der Waals surface area contributed by atoms with E-state index in [1.165, 1.54) is 4.90 Å². The zero-order valence-electron chi connectivity index (χ0n) is 22.6. The summed E-state index contributed by atoms with van der Waals surface area (Å²) in [6, 6.07) is 7.12. The van der Waals surface area contributed by atoms with Crippen LogP contribution >= 0.6 is 0 Å². The largest absolute Gasteiger partial charge is 0.508 e. The Labute approximate surface area is 231 Å². The molecule has 3 aliphatic carbocycles. The molecule has 1 heterocycles. The Kier molecular flexibility index (Phi) is 5.89. The highest BCUT2D eigenvalue weighted by atomic mass is 16.3. The molecular formula is C30H33N3O7. The van der Waals surface area contributed by atoms with Crippen molar-refractivity contribution < 1.29 is 34.8 Å². The van der Waals surface area contributed by atoms with Crippen LogP contribution in [0.4, 0.5) is 0 Å². The molecule has 0 spiro atoms. The maximum atomic E-state index is 14.0. The zero-order chi connectivity index (χ0) is 28.8. The topological polar surface area (TPSA) is 165 Å². The van der Waals surface area contributed by atoms with E-state index in [4.69, 9.17) is 5.73 Å². The molecule has 6 N–H and O–H groups in total. The molecule has 2 aromatic rings. The van der Waals surface area contributed by atoms with Crippen LogP contribution in [-0.2, 0) is 27.3 Å². The second kappa shape index (κ2) is 8.89. The average molecular weight is 548 g/mol. The van der Waals surface area contributed by atoms with Gasteiger partial charge in [0.2, 0.25) is 5.78 Å². The van der Waals surface area contributed by atoms with Gasteiger partial charge in [-0.05, 0) is 68.8 Å². The number of hydrogen-bond donors (Lipinski definition) is 5. The second-order valence-corrected chi connectivity index (χ2v) is 11.9. The molecule has 0 radical (unpaired) electrons. The van der Waals surface area contributed by atoms with E-state index in [1.54, 1.807) is 14.1 Å². The van der Waals surface area contributed by atoms with E-state index in [1.807, 2.05) is 24.3 Å². The number of carbonyl (C=O) groups is 3. The van der Waals surface area contributed by atoms with Crippen molar-refractivity contribution in [3.63, 3.8) is 0 Å². The number of hydrogen-bond acceptors (Lipinski definition) is 9. The molecule has 10 nitrogen and oxygen atoms in total. The van der Waals surface area contributed by atoms with Crippen molar-refractivity contribution in [1.29, 1.82) is 0 Å². The number of ketones is 2. The highest BCUT2D eigenvalue weighted by Gasteiger charge is 2.64. The molecule has 1 unspecified atom stereocenters. The molecule has 2 fully saturated rings. The van der Waals surface area contributed by atoms with Crippen molar-refractivity contribution in [3.8, 4) is 5.75 Å². The second-order valence-electron chi connectivity index (χ2n) is 11.9. The van der Waals surface area contributed by atoms with Gasteiger partial charge in [-0.1, -0.05) is 18.2 Å². The number of aliphatic hydroxyl groups is 3. The lowest BCUT2D eigenvalue weighted by Crippen LogP contribution is -2.65. The molecule has 40 heavy (non-hydrogen) atoms. The fourth-order valence-electron chi connectivity index (χ4n) is 7.20. The van der Waals surface area contributed by atoms with Gasteiger partial charge in [0.05, 0.1) is 11.6 Å². The van der Waals surface area contributed by atoms with Gasteiger partial charge in [-0.25, -0.2) is 0 Å². The molecule has 10 heteroatoms. The van der Waals surface area contributed by atoms with Crippen molar-refractivity contribution in [3.05, 3.63) is 57.9 Å². The smallest absolute Gasteiger partial charge is 0.255 e. The minimum absolute atomic E-state index is 0.0670. The van der Waals surface area contributed by atoms with Gasteiger partial charge in [0, 0.05) is 36.0 Å². The van der Waals surface area contributed by atoms with E-state index >= 15 is 0 Å². The number of aromatic hydroxyl groups is 1. The number of amides is 1. The van der Waals surface area contributed by atoms with Crippen LogP contribution in [0.1, 0.15) is 36.5 Å². The number of likely N-dealkylation sites (N-methyl/N-ethyl adjacent to an activating group) is 1. The van der Waals surface area contributed by atoms with Crippen molar-refractivity contribution in [2.24, 2.45) is 17.6 Å². The lowest BCUT2D eigenvalue weighted by molar-refractivity contribution is -0.153. The Bertz CT molecular complexity index is 1570. The number of benzene rings is 2. The van der Waals surface area contributed by atoms with Crippen molar-refractivity contribution in [2.75, 3.05) is 20.6 Å². The Morgan fingerprint density at radius 2 is 1.90 bits per heavy atom. The molecule has 1 saturated carbocycles. The average Bonchev–Trinajstić information content (AvgIpc) is 2.88. The molecule has 210 valence electrons. The predicted octanol–water partition coefficient (Wildman–Crippen LogP) is 1.71. The van der Waals surface area contributed by atoms with Gasteiger partial charge in [0.25, 0.3) is 5.91 Å². The number of fused-ring (bicyclic) bond motifs is 4. The van der Waals surface area contributed by atoms with Crippen LogP contribution in [0.5, 0.6) is 5.75 Å². The summed E-state index contributed by atoms with van der Waals surface area (Å²) in [6.45, 7) is 3.91. The summed E-state index contributed by atoms with van der Waals surface area (Å²) in [5.41, 5.74) is 3.53. The number of likely N-dealkylation sites (tertiary alicyclic amines) is 1. The number of nitrogens with two attached hydrogens (primary N) is 1. The minimum atomic E-state index is -2.64. The van der Waals surface area contributed by atoms with Gasteiger partial charge in [0.15, 0.2) is 11.4 Å². The first-order chi connectivity index (χ1) is 18.9. The van der Waals surface area contributed by atoms with E-state index < -0.39 is 58.0 Å². The number of carbonyl (C=O) groups excluding carboxylic acids is 3. The number of phenols is 1. The van der Waals surface area contributed by atoms with Crippen LogP contribution < -0.4 is 5.73 Å². The van der Waals surface area contributed by atoms with E-state index in [-0.39, 0.29) is 29.7 Å². The standard InChI is InChI=1S/C30H33N3O7/c1-13-6-7-33(13)12-14-4-5-15-9-16-10-17-11-19-23(32(2)3)26(36)22(29(31)39)28(38)30(19,40)27(37)21(17)25(35)20(16)24(34)18(15)8-14/h4-5,8-9,13,17,19,23,34-35,38,40H,6-7,10-12H2,1-3H3,(H2,31,39)/t13?,17-,19-,23-,30-/m0/s1. The minimum Gasteiger partial charge on any atom is -0.508 e. The quantitative estimate of drug-likeness (QED) is 0.358. The van der Waals surface area contributed by atoms with E-state index in [9.17, 15) is 34.8 Å². The molecule has 6 rings (SSSR count). The molecule has 0 bridgehead atoms. The molecule has 0 aromatic heterocycles. The lowest BCUT2D eigenvalue weighted by atomic mass is 9.57. The summed E-state index contributed by atoms with van der Waals surface area (Å²) in [4.78, 5) is 43.1. The van der Waals surface area contributed by atoms with E-state index in [0.29, 0.717) is 17.0 Å². The van der Waals surface area contributed by atoms with Crippen LogP contribution in [0, 0.1) is 11.8 Å². The highest BCUT2D eigenvalue weighted by Crippen LogP contribution is 2.53. The molecule has 5 atom stereocenters. The summed E-state index contributed by atoms with van der Waals surface area (Å²) < 4.78 is 0. The van der Waals surface area contributed by atoms with Gasteiger partial charge in [-0.15, -0.1) is 0 Å². The van der Waals surface area contributed by atoms with Crippen molar-refractivity contribution in [2.45, 2.75) is 50.4 Å². The normalized spacial score (nSPS) is 30.3. The van der Waals surface area contributed by atoms with E-state index in [0.717, 1.165) is 30.5 Å². The van der Waals surface area contributed by atoms with Gasteiger partial charge in [-0.3, -0.25) is 24.2 Å². The number of Topliss-reactive ketones (excluding diaryl/α,β-unsaturated/α-hetero) is 2. The fraction of sp³-hybridized carbons (Fsp3) is 0.433. The molecule has 1 aliphatic heterocycles. The molecule has 1 saturated heterocycles. The van der Waals surface area contributed by atoms with Crippen molar-refractivity contribution in [1.82, 2.24) is 9.80 Å². The summed E-state index contributed by atoms with van der Waals surface area (Å²) in [6.07, 6.45) is 1.48. The van der Waals surface area contributed by atoms with Crippen LogP contribution in [0.3, 0.4) is 0 Å². The monoisotopic (exact) mass is 547 g/mol. The van der Waals surface area contributed by atoms with E-state index in [2.05, 4.69) is 11.8 Å². The maximum absolute atomic E-state index is 14.0. The number of rotatable bonds is 4. The zero-order valence-corrected chi connectivity index (χ0v) is 22.6. The van der Waals surface area contributed by atoms with Gasteiger partial charge in [-0.2, -0.15) is 0 Å². The summed E-state index contributed by atoms with van der Waals surface area (Å²) >= 11 is 0. The first kappa shape index (κ1) is 26.5. The van der Waals surface area contributed by atoms with Crippen LogP contribution in [0.2, 0.25) is 0 Å². The highest BCUT2D eigenvalue weighted by molar-refractivity contribution is 6.24. The Hall–Kier alpha value is -3.73. The number of primary amides is 1. The van der Waals surface area contributed by atoms with Crippen LogP contribution in [0.15, 0.2) is 41.2 Å².